The highest BCUT2D eigenvalue weighted by Gasteiger charge is 2.39. The lowest BCUT2D eigenvalue weighted by Crippen LogP contribution is -2.45. The summed E-state index contributed by atoms with van der Waals surface area (Å²) in [4.78, 5) is 0. The molecule has 0 saturated carbocycles. The smallest absolute Gasteiger partial charge is 0.0938 e. The first-order valence-corrected chi connectivity index (χ1v) is 6.43. The molecule has 0 aliphatic carbocycles. The Morgan fingerprint density at radius 2 is 2.14 bits per heavy atom. The molecular weight excluding hydrogens is 196 g/mol. The monoisotopic (exact) mass is 214 g/mol. The van der Waals surface area contributed by atoms with Gasteiger partial charge < -0.3 is 10.5 Å². The number of hydrogen-bond donors (Lipinski definition) is 2. The number of hydrogen-bond acceptors (Lipinski definition) is 3. The average molecular weight is 214 g/mol. The molecule has 1 atom stereocenters. The number of nitrogens with two attached hydrogens (primary N) is 1. The molecule has 0 aromatic carbocycles. The van der Waals surface area contributed by atoms with Gasteiger partial charge in [-0.1, -0.05) is 0 Å². The van der Waals surface area contributed by atoms with Gasteiger partial charge in [-0.25, -0.2) is 0 Å². The van der Waals surface area contributed by atoms with E-state index >= 15 is 0 Å². The van der Waals surface area contributed by atoms with Crippen LogP contribution in [0.3, 0.4) is 0 Å². The summed E-state index contributed by atoms with van der Waals surface area (Å²) in [5.74, 6) is 3.02. The van der Waals surface area contributed by atoms with Gasteiger partial charge in [0.25, 0.3) is 0 Å². The third kappa shape index (κ3) is 2.06. The maximum Gasteiger partial charge on any atom is 0.0938 e. The molecular formula is C10H18N2OS. The molecule has 3 nitrogen and oxygen atoms in total. The van der Waals surface area contributed by atoms with Crippen LogP contribution in [0.25, 0.3) is 0 Å². The first-order chi connectivity index (χ1) is 6.72. The third-order valence-corrected chi connectivity index (χ3v) is 4.32. The van der Waals surface area contributed by atoms with Crippen molar-refractivity contribution in [3.63, 3.8) is 0 Å². The minimum atomic E-state index is 0.0693. The van der Waals surface area contributed by atoms with Crippen LogP contribution in [0, 0.1) is 11.3 Å². The fourth-order valence-corrected chi connectivity index (χ4v) is 3.62. The van der Waals surface area contributed by atoms with Crippen LogP contribution in [0.15, 0.2) is 0 Å². The highest BCUT2D eigenvalue weighted by molar-refractivity contribution is 7.99. The van der Waals surface area contributed by atoms with E-state index in [1.807, 2.05) is 11.8 Å². The molecule has 0 aromatic heterocycles. The molecule has 2 rings (SSSR count). The number of nitrogens with one attached hydrogen (secondary N) is 1. The Bertz CT molecular complexity index is 221. The van der Waals surface area contributed by atoms with Crippen LogP contribution in [-0.2, 0) is 4.74 Å². The molecule has 14 heavy (non-hydrogen) atoms. The lowest BCUT2D eigenvalue weighted by Gasteiger charge is -2.43. The molecule has 80 valence electrons. The Morgan fingerprint density at radius 1 is 1.43 bits per heavy atom. The number of thioether (sulfide) groups is 1. The Morgan fingerprint density at radius 3 is 2.79 bits per heavy atom. The summed E-state index contributed by atoms with van der Waals surface area (Å²) in [5.41, 5.74) is 5.65. The maximum atomic E-state index is 7.51. The normalized spacial score (nSPS) is 31.6. The van der Waals surface area contributed by atoms with Crippen LogP contribution >= 0.6 is 11.8 Å². The average Bonchev–Trinajstić information content (AvgIpc) is 2.19. The van der Waals surface area contributed by atoms with Gasteiger partial charge in [0.2, 0.25) is 0 Å². The first-order valence-electron chi connectivity index (χ1n) is 5.27. The summed E-state index contributed by atoms with van der Waals surface area (Å²) in [6, 6.07) is 0. The van der Waals surface area contributed by atoms with Crippen molar-refractivity contribution in [3.8, 4) is 0 Å². The molecule has 0 aromatic rings. The van der Waals surface area contributed by atoms with Crippen LogP contribution in [0.5, 0.6) is 0 Å². The zero-order chi connectivity index (χ0) is 10.0. The van der Waals surface area contributed by atoms with Crippen molar-refractivity contribution in [3.05, 3.63) is 0 Å². The van der Waals surface area contributed by atoms with Crippen LogP contribution in [0.4, 0.5) is 0 Å². The minimum Gasteiger partial charge on any atom is -0.387 e. The summed E-state index contributed by atoms with van der Waals surface area (Å²) >= 11 is 2.01. The van der Waals surface area contributed by atoms with E-state index in [2.05, 4.69) is 0 Å². The van der Waals surface area contributed by atoms with Gasteiger partial charge in [-0.2, -0.15) is 11.8 Å². The highest BCUT2D eigenvalue weighted by atomic mass is 32.2. The Balaban J connectivity index is 2.01. The fraction of sp³-hybridized carbons (Fsp3) is 0.900. The van der Waals surface area contributed by atoms with Gasteiger partial charge in [0.15, 0.2) is 0 Å². The standard InChI is InChI=1S/C10H18N2OS/c11-9(12)8-1-4-13-10(7-8)2-5-14-6-3-10/h8H,1-7H2,(H3,11,12). The van der Waals surface area contributed by atoms with Gasteiger partial charge in [0.1, 0.15) is 0 Å². The predicted octanol–water partition coefficient (Wildman–Crippen LogP) is 1.61. The summed E-state index contributed by atoms with van der Waals surface area (Å²) in [6.45, 7) is 0.787. The Hall–Kier alpha value is -0.220. The quantitative estimate of drug-likeness (QED) is 0.515. The van der Waals surface area contributed by atoms with Crippen LogP contribution in [0.2, 0.25) is 0 Å². The van der Waals surface area contributed by atoms with Gasteiger partial charge in [-0.05, 0) is 37.2 Å². The van der Waals surface area contributed by atoms with E-state index in [9.17, 15) is 0 Å². The molecule has 0 bridgehead atoms. The number of ether oxygens (including phenoxy) is 1. The van der Waals surface area contributed by atoms with Crippen molar-refractivity contribution in [2.75, 3.05) is 18.1 Å². The second kappa shape index (κ2) is 4.11. The van der Waals surface area contributed by atoms with Gasteiger partial charge in [0, 0.05) is 12.5 Å². The van der Waals surface area contributed by atoms with E-state index in [1.165, 1.54) is 11.5 Å². The van der Waals surface area contributed by atoms with Crippen molar-refractivity contribution in [2.45, 2.75) is 31.3 Å². The first kappa shape index (κ1) is 10.3. The van der Waals surface area contributed by atoms with Crippen molar-refractivity contribution in [1.29, 1.82) is 5.41 Å². The van der Waals surface area contributed by atoms with E-state index in [0.29, 0.717) is 5.84 Å². The fourth-order valence-electron chi connectivity index (χ4n) is 2.39. The minimum absolute atomic E-state index is 0.0693. The summed E-state index contributed by atoms with van der Waals surface area (Å²) in [5, 5.41) is 7.51. The lowest BCUT2D eigenvalue weighted by atomic mass is 9.81. The van der Waals surface area contributed by atoms with Crippen molar-refractivity contribution >= 4 is 17.6 Å². The summed E-state index contributed by atoms with van der Waals surface area (Å²) < 4.78 is 5.92. The third-order valence-electron chi connectivity index (χ3n) is 3.34. The van der Waals surface area contributed by atoms with Crippen molar-refractivity contribution < 1.29 is 4.74 Å². The maximum absolute atomic E-state index is 7.51. The van der Waals surface area contributed by atoms with E-state index < -0.39 is 0 Å². The van der Waals surface area contributed by atoms with E-state index in [0.717, 1.165) is 32.3 Å². The molecule has 3 N–H and O–H groups in total. The number of rotatable bonds is 1. The molecule has 0 amide bonds. The van der Waals surface area contributed by atoms with Crippen LogP contribution in [0.1, 0.15) is 25.7 Å². The SMILES string of the molecule is N=C(N)C1CCOC2(CCSCC2)C1. The Kier molecular flexibility index (Phi) is 3.02. The molecule has 2 aliphatic heterocycles. The second-order valence-electron chi connectivity index (χ2n) is 4.29. The van der Waals surface area contributed by atoms with Gasteiger partial charge >= 0.3 is 0 Å². The van der Waals surface area contributed by atoms with E-state index in [4.69, 9.17) is 15.9 Å². The topological polar surface area (TPSA) is 59.1 Å². The lowest BCUT2D eigenvalue weighted by molar-refractivity contribution is -0.0925. The van der Waals surface area contributed by atoms with Crippen molar-refractivity contribution in [2.24, 2.45) is 11.7 Å². The Labute approximate surface area is 89.3 Å². The van der Waals surface area contributed by atoms with E-state index in [1.54, 1.807) is 0 Å². The van der Waals surface area contributed by atoms with Crippen LogP contribution < -0.4 is 5.73 Å². The molecule has 2 saturated heterocycles. The molecule has 2 heterocycles. The molecule has 2 aliphatic rings. The van der Waals surface area contributed by atoms with Gasteiger partial charge in [-0.15, -0.1) is 0 Å². The molecule has 1 spiro atoms. The molecule has 1 unspecified atom stereocenters. The largest absolute Gasteiger partial charge is 0.387 e. The number of amidine groups is 1. The zero-order valence-corrected chi connectivity index (χ0v) is 9.24. The zero-order valence-electron chi connectivity index (χ0n) is 8.42. The highest BCUT2D eigenvalue weighted by Crippen LogP contribution is 2.39. The summed E-state index contributed by atoms with van der Waals surface area (Å²) in [6.07, 6.45) is 4.19. The molecule has 4 heteroatoms. The molecule has 2 fully saturated rings. The van der Waals surface area contributed by atoms with Crippen molar-refractivity contribution in [1.82, 2.24) is 0 Å². The summed E-state index contributed by atoms with van der Waals surface area (Å²) in [7, 11) is 0. The van der Waals surface area contributed by atoms with E-state index in [-0.39, 0.29) is 11.5 Å². The second-order valence-corrected chi connectivity index (χ2v) is 5.51. The molecule has 0 radical (unpaired) electrons. The van der Waals surface area contributed by atoms with Gasteiger partial charge in [0.05, 0.1) is 11.4 Å². The van der Waals surface area contributed by atoms with Crippen LogP contribution in [-0.4, -0.2) is 29.5 Å². The van der Waals surface area contributed by atoms with Gasteiger partial charge in [-0.3, -0.25) is 5.41 Å². The predicted molar refractivity (Wildman–Crippen MR) is 59.9 cm³/mol.